The molecule has 4 nitrogen and oxygen atoms in total. The van der Waals surface area contributed by atoms with Gasteiger partial charge in [-0.3, -0.25) is 0 Å². The van der Waals surface area contributed by atoms with Gasteiger partial charge in [-0.25, -0.2) is 0 Å². The monoisotopic (exact) mass is 260 g/mol. The van der Waals surface area contributed by atoms with Crippen molar-refractivity contribution >= 4 is 0 Å². The Morgan fingerprint density at radius 1 is 0.944 bits per heavy atom. The minimum atomic E-state index is -0.363. The van der Waals surface area contributed by atoms with Crippen LogP contribution in [0.2, 0.25) is 0 Å². The average molecular weight is 260 g/mol. The number of rotatable bonds is 12. The lowest BCUT2D eigenvalue weighted by Gasteiger charge is -2.25. The van der Waals surface area contributed by atoms with Crippen molar-refractivity contribution in [2.75, 3.05) is 52.5 Å². The molecule has 18 heavy (non-hydrogen) atoms. The van der Waals surface area contributed by atoms with E-state index in [1.165, 1.54) is 0 Å². The predicted molar refractivity (Wildman–Crippen MR) is 77.0 cm³/mol. The molecule has 1 unspecified atom stereocenters. The van der Waals surface area contributed by atoms with E-state index in [1.54, 1.807) is 0 Å². The quantitative estimate of drug-likeness (QED) is 0.576. The maximum absolute atomic E-state index is 9.81. The molecule has 0 saturated heterocycles. The summed E-state index contributed by atoms with van der Waals surface area (Å²) in [4.78, 5) is 4.73. The van der Waals surface area contributed by atoms with Crippen molar-refractivity contribution in [3.63, 3.8) is 0 Å². The van der Waals surface area contributed by atoms with Crippen LogP contribution in [0.3, 0.4) is 0 Å². The summed E-state index contributed by atoms with van der Waals surface area (Å²) in [5.74, 6) is 0. The zero-order valence-electron chi connectivity index (χ0n) is 12.7. The Kier molecular flexibility index (Phi) is 11.8. The summed E-state index contributed by atoms with van der Waals surface area (Å²) in [6.45, 7) is 15.8. The second kappa shape index (κ2) is 11.9. The highest BCUT2D eigenvalue weighted by Gasteiger charge is 2.10. The fourth-order valence-corrected chi connectivity index (χ4v) is 2.04. The normalized spacial score (nSPS) is 13.5. The van der Waals surface area contributed by atoms with E-state index in [0.717, 1.165) is 45.7 Å². The molecule has 0 amide bonds. The zero-order valence-corrected chi connectivity index (χ0v) is 12.7. The molecule has 0 radical (unpaired) electrons. The summed E-state index contributed by atoms with van der Waals surface area (Å²) in [6.07, 6.45) is 0.801. The lowest BCUT2D eigenvalue weighted by Crippen LogP contribution is -2.37. The molecule has 0 saturated carbocycles. The fraction of sp³-hybridized carbons (Fsp3) is 1.00. The fourth-order valence-electron chi connectivity index (χ4n) is 2.04. The highest BCUT2D eigenvalue weighted by Crippen LogP contribution is 1.98. The molecule has 1 atom stereocenters. The molecule has 4 heteroatoms. The van der Waals surface area contributed by atoms with E-state index in [1.807, 2.05) is 6.92 Å². The second-order valence-electron chi connectivity index (χ2n) is 4.59. The number of ether oxygens (including phenoxy) is 1. The first-order chi connectivity index (χ1) is 8.67. The molecule has 0 spiro atoms. The van der Waals surface area contributed by atoms with Gasteiger partial charge in [-0.2, -0.15) is 0 Å². The molecule has 0 rings (SSSR count). The van der Waals surface area contributed by atoms with Crippen LogP contribution in [0.15, 0.2) is 0 Å². The van der Waals surface area contributed by atoms with Crippen molar-refractivity contribution in [3.8, 4) is 0 Å². The van der Waals surface area contributed by atoms with E-state index in [4.69, 9.17) is 4.74 Å². The number of likely N-dealkylation sites (N-methyl/N-ethyl adjacent to an activating group) is 1. The Morgan fingerprint density at radius 3 is 2.00 bits per heavy atom. The first-order valence-electron chi connectivity index (χ1n) is 7.38. The van der Waals surface area contributed by atoms with Gasteiger partial charge in [0.2, 0.25) is 0 Å². The molecule has 1 N–H and O–H groups in total. The van der Waals surface area contributed by atoms with E-state index >= 15 is 0 Å². The van der Waals surface area contributed by atoms with Gasteiger partial charge in [-0.05, 0) is 46.1 Å². The van der Waals surface area contributed by atoms with Crippen molar-refractivity contribution in [1.82, 2.24) is 9.80 Å². The van der Waals surface area contributed by atoms with Gasteiger partial charge < -0.3 is 19.6 Å². The summed E-state index contributed by atoms with van der Waals surface area (Å²) in [6, 6.07) is 0. The molecule has 0 fully saturated rings. The molecular formula is C14H32N2O2. The molecule has 0 aliphatic heterocycles. The van der Waals surface area contributed by atoms with Crippen LogP contribution in [-0.4, -0.2) is 73.5 Å². The third kappa shape index (κ3) is 8.86. The lowest BCUT2D eigenvalue weighted by molar-refractivity contribution is 0.0214. The van der Waals surface area contributed by atoms with Gasteiger partial charge in [0.05, 0.1) is 12.7 Å². The lowest BCUT2D eigenvalue weighted by atomic mass is 10.3. The first-order valence-corrected chi connectivity index (χ1v) is 7.38. The Bertz CT molecular complexity index is 175. The van der Waals surface area contributed by atoms with Crippen LogP contribution in [0.25, 0.3) is 0 Å². The number of hydrogen-bond donors (Lipinski definition) is 1. The van der Waals surface area contributed by atoms with E-state index in [-0.39, 0.29) is 6.10 Å². The molecule has 0 aromatic carbocycles. The third-order valence-corrected chi connectivity index (χ3v) is 3.27. The van der Waals surface area contributed by atoms with Crippen LogP contribution < -0.4 is 0 Å². The van der Waals surface area contributed by atoms with Gasteiger partial charge >= 0.3 is 0 Å². The molecule has 0 aliphatic rings. The van der Waals surface area contributed by atoms with Gasteiger partial charge in [0.1, 0.15) is 0 Å². The number of aliphatic hydroxyl groups is 1. The molecular weight excluding hydrogens is 228 g/mol. The van der Waals surface area contributed by atoms with Crippen LogP contribution in [0, 0.1) is 0 Å². The Morgan fingerprint density at radius 2 is 1.50 bits per heavy atom. The summed E-state index contributed by atoms with van der Waals surface area (Å²) < 4.78 is 5.23. The van der Waals surface area contributed by atoms with Crippen LogP contribution in [-0.2, 0) is 4.74 Å². The van der Waals surface area contributed by atoms with Crippen LogP contribution >= 0.6 is 0 Å². The maximum Gasteiger partial charge on any atom is 0.0900 e. The molecule has 0 aliphatic carbocycles. The minimum absolute atomic E-state index is 0.363. The topological polar surface area (TPSA) is 35.9 Å². The molecule has 0 bridgehead atoms. The molecule has 0 aromatic heterocycles. The summed E-state index contributed by atoms with van der Waals surface area (Å²) in [7, 11) is 0. The Hall–Kier alpha value is -0.160. The largest absolute Gasteiger partial charge is 0.389 e. The SMILES string of the molecule is CCOCC(O)CN(CC)CCCN(CC)CC. The zero-order chi connectivity index (χ0) is 13.8. The Labute approximate surface area is 113 Å². The number of nitrogens with zero attached hydrogens (tertiary/aromatic N) is 2. The van der Waals surface area contributed by atoms with Gasteiger partial charge in [-0.15, -0.1) is 0 Å². The summed E-state index contributed by atoms with van der Waals surface area (Å²) in [5.41, 5.74) is 0. The third-order valence-electron chi connectivity index (χ3n) is 3.27. The second-order valence-corrected chi connectivity index (χ2v) is 4.59. The van der Waals surface area contributed by atoms with Crippen molar-refractivity contribution in [2.45, 2.75) is 40.2 Å². The molecule has 0 heterocycles. The number of hydrogen-bond acceptors (Lipinski definition) is 4. The molecule has 110 valence electrons. The Balaban J connectivity index is 3.75. The van der Waals surface area contributed by atoms with Crippen molar-refractivity contribution < 1.29 is 9.84 Å². The van der Waals surface area contributed by atoms with Crippen LogP contribution in [0.4, 0.5) is 0 Å². The minimum Gasteiger partial charge on any atom is -0.389 e. The van der Waals surface area contributed by atoms with Crippen LogP contribution in [0.1, 0.15) is 34.1 Å². The first kappa shape index (κ1) is 17.8. The average Bonchev–Trinajstić information content (AvgIpc) is 2.39. The highest BCUT2D eigenvalue weighted by atomic mass is 16.5. The smallest absolute Gasteiger partial charge is 0.0900 e. The van der Waals surface area contributed by atoms with Crippen LogP contribution in [0.5, 0.6) is 0 Å². The van der Waals surface area contributed by atoms with E-state index in [0.29, 0.717) is 13.2 Å². The van der Waals surface area contributed by atoms with Gasteiger partial charge in [-0.1, -0.05) is 20.8 Å². The van der Waals surface area contributed by atoms with Crippen molar-refractivity contribution in [1.29, 1.82) is 0 Å². The van der Waals surface area contributed by atoms with Crippen molar-refractivity contribution in [3.05, 3.63) is 0 Å². The predicted octanol–water partition coefficient (Wildman–Crippen LogP) is 1.44. The maximum atomic E-state index is 9.81. The number of aliphatic hydroxyl groups excluding tert-OH is 1. The van der Waals surface area contributed by atoms with E-state index in [9.17, 15) is 5.11 Å². The summed E-state index contributed by atoms with van der Waals surface area (Å²) in [5, 5.41) is 9.81. The van der Waals surface area contributed by atoms with Gasteiger partial charge in [0, 0.05) is 13.2 Å². The highest BCUT2D eigenvalue weighted by molar-refractivity contribution is 4.64. The van der Waals surface area contributed by atoms with Gasteiger partial charge in [0.25, 0.3) is 0 Å². The molecule has 0 aromatic rings. The van der Waals surface area contributed by atoms with E-state index in [2.05, 4.69) is 30.6 Å². The van der Waals surface area contributed by atoms with E-state index < -0.39 is 0 Å². The van der Waals surface area contributed by atoms with Crippen molar-refractivity contribution in [2.24, 2.45) is 0 Å². The van der Waals surface area contributed by atoms with Gasteiger partial charge in [0.15, 0.2) is 0 Å². The summed E-state index contributed by atoms with van der Waals surface area (Å²) >= 11 is 0. The standard InChI is InChI=1S/C14H32N2O2/c1-5-15(6-2)10-9-11-16(7-3)12-14(17)13-18-8-4/h14,17H,5-13H2,1-4H3.